The smallest absolute Gasteiger partial charge is 0.307 e. The largest absolute Gasteiger partial charge is 0.481 e. The fourth-order valence-electron chi connectivity index (χ4n) is 2.50. The van der Waals surface area contributed by atoms with Gasteiger partial charge in [0.15, 0.2) is 0 Å². The highest BCUT2D eigenvalue weighted by atomic mass is 16.4. The summed E-state index contributed by atoms with van der Waals surface area (Å²) in [5.74, 6) is -0.809. The van der Waals surface area contributed by atoms with Gasteiger partial charge in [0.05, 0.1) is 13.0 Å². The normalized spacial score (nSPS) is 11.2. The van der Waals surface area contributed by atoms with E-state index in [4.69, 9.17) is 5.11 Å². The van der Waals surface area contributed by atoms with Crippen LogP contribution in [0.2, 0.25) is 0 Å². The van der Waals surface area contributed by atoms with Crippen LogP contribution in [0, 0.1) is 0 Å². The Bertz CT molecular complexity index is 399. The van der Waals surface area contributed by atoms with Gasteiger partial charge in [-0.05, 0) is 24.0 Å². The van der Waals surface area contributed by atoms with E-state index in [9.17, 15) is 9.90 Å². The molecule has 20 heavy (non-hydrogen) atoms. The fraction of sp³-hybridized carbons (Fsp3) is 0.562. The van der Waals surface area contributed by atoms with Gasteiger partial charge in [-0.1, -0.05) is 38.1 Å². The topological polar surface area (TPSA) is 60.8 Å². The summed E-state index contributed by atoms with van der Waals surface area (Å²) < 4.78 is 0. The molecule has 0 unspecified atom stereocenters. The van der Waals surface area contributed by atoms with Gasteiger partial charge in [-0.2, -0.15) is 0 Å². The summed E-state index contributed by atoms with van der Waals surface area (Å²) in [6.45, 7) is 5.94. The van der Waals surface area contributed by atoms with E-state index in [1.807, 2.05) is 24.3 Å². The Hall–Kier alpha value is -1.39. The van der Waals surface area contributed by atoms with Gasteiger partial charge in [-0.25, -0.2) is 0 Å². The zero-order chi connectivity index (χ0) is 15.0. The molecule has 0 aromatic heterocycles. The number of hydrogen-bond donors (Lipinski definition) is 2. The van der Waals surface area contributed by atoms with Crippen molar-refractivity contribution in [2.24, 2.45) is 0 Å². The van der Waals surface area contributed by atoms with Gasteiger partial charge in [-0.15, -0.1) is 0 Å². The minimum Gasteiger partial charge on any atom is -0.481 e. The van der Waals surface area contributed by atoms with E-state index in [0.717, 1.165) is 30.5 Å². The Morgan fingerprint density at radius 2 is 1.70 bits per heavy atom. The average molecular weight is 279 g/mol. The predicted molar refractivity (Wildman–Crippen MR) is 79.6 cm³/mol. The molecule has 0 atom stereocenters. The summed E-state index contributed by atoms with van der Waals surface area (Å²) >= 11 is 0. The molecule has 2 N–H and O–H groups in total. The lowest BCUT2D eigenvalue weighted by atomic mass is 10.1. The zero-order valence-electron chi connectivity index (χ0n) is 12.4. The number of rotatable bonds is 9. The number of carboxylic acid groups (broad SMARTS) is 1. The lowest BCUT2D eigenvalue weighted by Crippen LogP contribution is -2.36. The first-order chi connectivity index (χ1) is 9.60. The van der Waals surface area contributed by atoms with Gasteiger partial charge in [0.2, 0.25) is 0 Å². The molecule has 0 saturated carbocycles. The van der Waals surface area contributed by atoms with E-state index in [1.54, 1.807) is 0 Å². The molecule has 1 rings (SSSR count). The van der Waals surface area contributed by atoms with E-state index in [1.165, 1.54) is 0 Å². The van der Waals surface area contributed by atoms with Crippen molar-refractivity contribution in [3.8, 4) is 0 Å². The number of benzene rings is 1. The van der Waals surface area contributed by atoms with Gasteiger partial charge in [0.25, 0.3) is 0 Å². The van der Waals surface area contributed by atoms with E-state index in [-0.39, 0.29) is 13.0 Å². The molecule has 0 aliphatic carbocycles. The molecule has 0 radical (unpaired) electrons. The highest BCUT2D eigenvalue weighted by Crippen LogP contribution is 2.14. The van der Waals surface area contributed by atoms with Crippen molar-refractivity contribution < 1.29 is 15.0 Å². The molecule has 0 fully saturated rings. The Kier molecular flexibility index (Phi) is 7.26. The van der Waals surface area contributed by atoms with Crippen LogP contribution in [0.15, 0.2) is 24.3 Å². The number of hydrogen-bond acceptors (Lipinski definition) is 3. The Morgan fingerprint density at radius 1 is 1.15 bits per heavy atom. The maximum absolute atomic E-state index is 10.6. The van der Waals surface area contributed by atoms with Crippen molar-refractivity contribution in [1.82, 2.24) is 4.90 Å². The van der Waals surface area contributed by atoms with Crippen molar-refractivity contribution in [1.29, 1.82) is 0 Å². The molecule has 0 bridgehead atoms. The third kappa shape index (κ3) is 5.31. The summed E-state index contributed by atoms with van der Waals surface area (Å²) in [7, 11) is 0. The summed E-state index contributed by atoms with van der Waals surface area (Å²) in [6, 6.07) is 8.16. The highest BCUT2D eigenvalue weighted by Gasteiger charge is 2.14. The number of nitrogens with zero attached hydrogens (tertiary/aromatic N) is 1. The van der Waals surface area contributed by atoms with Crippen LogP contribution in [-0.2, 0) is 17.8 Å². The highest BCUT2D eigenvalue weighted by molar-refractivity contribution is 5.70. The first-order valence-electron chi connectivity index (χ1n) is 7.25. The van der Waals surface area contributed by atoms with Crippen molar-refractivity contribution in [2.75, 3.05) is 13.2 Å². The minimum absolute atomic E-state index is 0.0627. The van der Waals surface area contributed by atoms with Gasteiger partial charge < -0.3 is 10.2 Å². The van der Waals surface area contributed by atoms with Crippen molar-refractivity contribution in [2.45, 2.75) is 45.7 Å². The van der Waals surface area contributed by atoms with Crippen LogP contribution < -0.4 is 0 Å². The minimum atomic E-state index is -0.809. The Balaban J connectivity index is 2.70. The van der Waals surface area contributed by atoms with E-state index in [0.29, 0.717) is 12.6 Å². The SMILES string of the molecule is CCC(CC)N(CCO)Cc1ccc(CC(=O)O)cc1. The number of carboxylic acids is 1. The van der Waals surface area contributed by atoms with Crippen molar-refractivity contribution in [3.63, 3.8) is 0 Å². The molecule has 0 aliphatic heterocycles. The molecule has 0 spiro atoms. The fourth-order valence-corrected chi connectivity index (χ4v) is 2.50. The molecule has 112 valence electrons. The molecule has 1 aromatic carbocycles. The Morgan fingerprint density at radius 3 is 2.15 bits per heavy atom. The first-order valence-corrected chi connectivity index (χ1v) is 7.25. The second-order valence-corrected chi connectivity index (χ2v) is 5.05. The monoisotopic (exact) mass is 279 g/mol. The lowest BCUT2D eigenvalue weighted by molar-refractivity contribution is -0.136. The third-order valence-corrected chi connectivity index (χ3v) is 3.61. The molecule has 1 aromatic rings. The van der Waals surface area contributed by atoms with Crippen molar-refractivity contribution >= 4 is 5.97 Å². The van der Waals surface area contributed by atoms with Gasteiger partial charge >= 0.3 is 5.97 Å². The lowest BCUT2D eigenvalue weighted by Gasteiger charge is -2.29. The van der Waals surface area contributed by atoms with Crippen molar-refractivity contribution in [3.05, 3.63) is 35.4 Å². The molecule has 4 heteroatoms. The average Bonchev–Trinajstić information content (AvgIpc) is 2.42. The van der Waals surface area contributed by atoms with E-state index in [2.05, 4.69) is 18.7 Å². The molecule has 0 amide bonds. The molecule has 0 saturated heterocycles. The summed E-state index contributed by atoms with van der Waals surface area (Å²) in [6.07, 6.45) is 2.19. The van der Waals surface area contributed by atoms with Gasteiger partial charge in [-0.3, -0.25) is 9.69 Å². The maximum atomic E-state index is 10.6. The summed E-state index contributed by atoms with van der Waals surface area (Å²) in [4.78, 5) is 12.9. The van der Waals surface area contributed by atoms with Crippen LogP contribution >= 0.6 is 0 Å². The van der Waals surface area contributed by atoms with Crippen LogP contribution in [0.5, 0.6) is 0 Å². The van der Waals surface area contributed by atoms with E-state index < -0.39 is 5.97 Å². The molecule has 4 nitrogen and oxygen atoms in total. The number of aliphatic hydroxyl groups is 1. The van der Waals surface area contributed by atoms with Gasteiger partial charge in [0.1, 0.15) is 0 Å². The summed E-state index contributed by atoms with van der Waals surface area (Å²) in [5, 5.41) is 17.9. The standard InChI is InChI=1S/C16H25NO3/c1-3-15(4-2)17(9-10-18)12-14-7-5-13(6-8-14)11-16(19)20/h5-8,15,18H,3-4,9-12H2,1-2H3,(H,19,20). The number of carbonyl (C=O) groups is 1. The third-order valence-electron chi connectivity index (χ3n) is 3.61. The summed E-state index contributed by atoms with van der Waals surface area (Å²) in [5.41, 5.74) is 1.97. The molecule has 0 aliphatic rings. The second-order valence-electron chi connectivity index (χ2n) is 5.05. The predicted octanol–water partition coefficient (Wildman–Crippen LogP) is 2.30. The first kappa shape index (κ1) is 16.7. The van der Waals surface area contributed by atoms with E-state index >= 15 is 0 Å². The Labute approximate surface area is 121 Å². The number of aliphatic hydroxyl groups excluding tert-OH is 1. The van der Waals surface area contributed by atoms with Crippen LogP contribution in [0.25, 0.3) is 0 Å². The molecular weight excluding hydrogens is 254 g/mol. The van der Waals surface area contributed by atoms with Crippen LogP contribution in [0.3, 0.4) is 0 Å². The molecule has 0 heterocycles. The van der Waals surface area contributed by atoms with Crippen LogP contribution in [0.4, 0.5) is 0 Å². The number of aliphatic carboxylic acids is 1. The maximum Gasteiger partial charge on any atom is 0.307 e. The second kappa shape index (κ2) is 8.72. The zero-order valence-corrected chi connectivity index (χ0v) is 12.4. The quantitative estimate of drug-likeness (QED) is 0.728. The van der Waals surface area contributed by atoms with Crippen LogP contribution in [-0.4, -0.2) is 40.3 Å². The molecular formula is C16H25NO3. The van der Waals surface area contributed by atoms with Gasteiger partial charge in [0, 0.05) is 19.1 Å². The van der Waals surface area contributed by atoms with Crippen LogP contribution in [0.1, 0.15) is 37.8 Å².